The number of hydrogen-bond donors (Lipinski definition) is 1. The van der Waals surface area contributed by atoms with Crippen molar-refractivity contribution in [2.24, 2.45) is 11.7 Å². The van der Waals surface area contributed by atoms with Crippen molar-refractivity contribution in [2.45, 2.75) is 38.6 Å². The van der Waals surface area contributed by atoms with E-state index in [0.717, 1.165) is 19.4 Å². The molecule has 0 aromatic carbocycles. The molecule has 0 fully saturated rings. The predicted molar refractivity (Wildman–Crippen MR) is 55.6 cm³/mol. The molecule has 2 N–H and O–H groups in total. The Morgan fingerprint density at radius 2 is 2.46 bits per heavy atom. The van der Waals surface area contributed by atoms with Crippen molar-refractivity contribution < 1.29 is 4.74 Å². The van der Waals surface area contributed by atoms with Crippen molar-refractivity contribution in [3.8, 4) is 0 Å². The fourth-order valence-electron chi connectivity index (χ4n) is 1.87. The van der Waals surface area contributed by atoms with Crippen molar-refractivity contribution in [1.29, 1.82) is 0 Å². The Bertz CT molecular complexity index is 177. The van der Waals surface area contributed by atoms with Gasteiger partial charge in [-0.1, -0.05) is 18.6 Å². The number of ether oxygens (including phenoxy) is 1. The molecule has 2 heteroatoms. The SMILES string of the molecule is COCCC(C)C1=CC(N)CCC1. The average Bonchev–Trinajstić information content (AvgIpc) is 2.14. The molecule has 0 saturated carbocycles. The molecule has 0 aromatic heterocycles. The van der Waals surface area contributed by atoms with E-state index in [2.05, 4.69) is 13.0 Å². The Morgan fingerprint density at radius 3 is 3.08 bits per heavy atom. The van der Waals surface area contributed by atoms with Crippen LogP contribution >= 0.6 is 0 Å². The summed E-state index contributed by atoms with van der Waals surface area (Å²) in [6.07, 6.45) is 7.02. The second-order valence-electron chi connectivity index (χ2n) is 3.98. The quantitative estimate of drug-likeness (QED) is 0.677. The van der Waals surface area contributed by atoms with Crippen LogP contribution in [0, 0.1) is 5.92 Å². The summed E-state index contributed by atoms with van der Waals surface area (Å²) in [6.45, 7) is 3.12. The molecule has 0 amide bonds. The van der Waals surface area contributed by atoms with Crippen LogP contribution < -0.4 is 5.73 Å². The van der Waals surface area contributed by atoms with Crippen LogP contribution in [0.25, 0.3) is 0 Å². The van der Waals surface area contributed by atoms with Gasteiger partial charge in [0.05, 0.1) is 0 Å². The molecule has 0 aromatic rings. The molecular weight excluding hydrogens is 162 g/mol. The van der Waals surface area contributed by atoms with Crippen LogP contribution in [0.15, 0.2) is 11.6 Å². The van der Waals surface area contributed by atoms with Crippen LogP contribution in [0.1, 0.15) is 32.6 Å². The van der Waals surface area contributed by atoms with Crippen molar-refractivity contribution in [2.75, 3.05) is 13.7 Å². The van der Waals surface area contributed by atoms with Gasteiger partial charge >= 0.3 is 0 Å². The molecule has 0 saturated heterocycles. The van der Waals surface area contributed by atoms with Crippen molar-refractivity contribution >= 4 is 0 Å². The molecule has 2 atom stereocenters. The van der Waals surface area contributed by atoms with Gasteiger partial charge in [-0.2, -0.15) is 0 Å². The summed E-state index contributed by atoms with van der Waals surface area (Å²) in [5, 5.41) is 0. The smallest absolute Gasteiger partial charge is 0.0467 e. The monoisotopic (exact) mass is 183 g/mol. The Balaban J connectivity index is 2.40. The van der Waals surface area contributed by atoms with Gasteiger partial charge in [0.25, 0.3) is 0 Å². The molecule has 1 aliphatic carbocycles. The minimum absolute atomic E-state index is 0.300. The summed E-state index contributed by atoms with van der Waals surface area (Å²) in [5.41, 5.74) is 7.42. The van der Waals surface area contributed by atoms with E-state index in [1.165, 1.54) is 18.4 Å². The van der Waals surface area contributed by atoms with Crippen LogP contribution in [-0.2, 0) is 4.74 Å². The van der Waals surface area contributed by atoms with Gasteiger partial charge in [-0.05, 0) is 31.6 Å². The number of hydrogen-bond acceptors (Lipinski definition) is 2. The lowest BCUT2D eigenvalue weighted by Gasteiger charge is -2.22. The first-order chi connectivity index (χ1) is 6.24. The minimum atomic E-state index is 0.300. The number of nitrogens with two attached hydrogens (primary N) is 1. The van der Waals surface area contributed by atoms with Gasteiger partial charge in [-0.15, -0.1) is 0 Å². The van der Waals surface area contributed by atoms with Gasteiger partial charge in [0.1, 0.15) is 0 Å². The van der Waals surface area contributed by atoms with Crippen LogP contribution in [0.4, 0.5) is 0 Å². The first-order valence-corrected chi connectivity index (χ1v) is 5.19. The zero-order valence-electron chi connectivity index (χ0n) is 8.75. The van der Waals surface area contributed by atoms with Gasteiger partial charge < -0.3 is 10.5 Å². The normalized spacial score (nSPS) is 25.5. The fourth-order valence-corrected chi connectivity index (χ4v) is 1.87. The largest absolute Gasteiger partial charge is 0.385 e. The molecule has 0 radical (unpaired) electrons. The zero-order valence-corrected chi connectivity index (χ0v) is 8.75. The maximum atomic E-state index is 5.88. The highest BCUT2D eigenvalue weighted by Crippen LogP contribution is 2.25. The number of methoxy groups -OCH3 is 1. The van der Waals surface area contributed by atoms with Crippen LogP contribution in [0.2, 0.25) is 0 Å². The zero-order chi connectivity index (χ0) is 9.68. The topological polar surface area (TPSA) is 35.2 Å². The second-order valence-corrected chi connectivity index (χ2v) is 3.98. The summed E-state index contributed by atoms with van der Waals surface area (Å²) in [7, 11) is 1.76. The van der Waals surface area contributed by atoms with Gasteiger partial charge in [0.15, 0.2) is 0 Å². The first kappa shape index (κ1) is 10.7. The molecule has 1 aliphatic rings. The van der Waals surface area contributed by atoms with Gasteiger partial charge in [0.2, 0.25) is 0 Å². The standard InChI is InChI=1S/C11H21NO/c1-9(6-7-13-2)10-4-3-5-11(12)8-10/h8-9,11H,3-7,12H2,1-2H3. The average molecular weight is 183 g/mol. The summed E-state index contributed by atoms with van der Waals surface area (Å²) in [4.78, 5) is 0. The second kappa shape index (κ2) is 5.40. The molecule has 2 unspecified atom stereocenters. The summed E-state index contributed by atoms with van der Waals surface area (Å²) < 4.78 is 5.07. The molecular formula is C11H21NO. The van der Waals surface area contributed by atoms with Crippen molar-refractivity contribution in [1.82, 2.24) is 0 Å². The van der Waals surface area contributed by atoms with E-state index in [4.69, 9.17) is 10.5 Å². The lowest BCUT2D eigenvalue weighted by atomic mass is 9.87. The first-order valence-electron chi connectivity index (χ1n) is 5.19. The molecule has 0 bridgehead atoms. The molecule has 1 rings (SSSR count). The van der Waals surface area contributed by atoms with E-state index in [1.807, 2.05) is 0 Å². The third-order valence-electron chi connectivity index (χ3n) is 2.82. The number of rotatable bonds is 4. The van der Waals surface area contributed by atoms with Crippen LogP contribution in [0.3, 0.4) is 0 Å². The van der Waals surface area contributed by atoms with E-state index in [-0.39, 0.29) is 0 Å². The Morgan fingerprint density at radius 1 is 1.69 bits per heavy atom. The Kier molecular flexibility index (Phi) is 4.46. The number of allylic oxidation sites excluding steroid dienone is 1. The highest BCUT2D eigenvalue weighted by molar-refractivity contribution is 5.12. The molecule has 0 heterocycles. The lowest BCUT2D eigenvalue weighted by Crippen LogP contribution is -2.22. The van der Waals surface area contributed by atoms with Crippen LogP contribution in [-0.4, -0.2) is 19.8 Å². The van der Waals surface area contributed by atoms with Gasteiger partial charge in [-0.3, -0.25) is 0 Å². The fraction of sp³-hybridized carbons (Fsp3) is 0.818. The highest BCUT2D eigenvalue weighted by Gasteiger charge is 2.14. The van der Waals surface area contributed by atoms with E-state index in [9.17, 15) is 0 Å². The third-order valence-corrected chi connectivity index (χ3v) is 2.82. The van der Waals surface area contributed by atoms with Crippen molar-refractivity contribution in [3.05, 3.63) is 11.6 Å². The van der Waals surface area contributed by atoms with Gasteiger partial charge in [0, 0.05) is 19.8 Å². The van der Waals surface area contributed by atoms with Crippen molar-refractivity contribution in [3.63, 3.8) is 0 Å². The highest BCUT2D eigenvalue weighted by atomic mass is 16.5. The molecule has 76 valence electrons. The van der Waals surface area contributed by atoms with Crippen LogP contribution in [0.5, 0.6) is 0 Å². The minimum Gasteiger partial charge on any atom is -0.385 e. The Hall–Kier alpha value is -0.340. The molecule has 13 heavy (non-hydrogen) atoms. The predicted octanol–water partition coefficient (Wildman–Crippen LogP) is 2.10. The molecule has 0 aliphatic heterocycles. The summed E-state index contributed by atoms with van der Waals surface area (Å²) >= 11 is 0. The summed E-state index contributed by atoms with van der Waals surface area (Å²) in [6, 6.07) is 0.300. The summed E-state index contributed by atoms with van der Waals surface area (Å²) in [5.74, 6) is 0.645. The third kappa shape index (κ3) is 3.49. The maximum absolute atomic E-state index is 5.88. The van der Waals surface area contributed by atoms with E-state index in [0.29, 0.717) is 12.0 Å². The maximum Gasteiger partial charge on any atom is 0.0467 e. The molecule has 2 nitrogen and oxygen atoms in total. The lowest BCUT2D eigenvalue weighted by molar-refractivity contribution is 0.184. The van der Waals surface area contributed by atoms with Gasteiger partial charge in [-0.25, -0.2) is 0 Å². The molecule has 0 spiro atoms. The Labute approximate surface area is 81.1 Å². The van der Waals surface area contributed by atoms with E-state index < -0.39 is 0 Å². The van der Waals surface area contributed by atoms with E-state index in [1.54, 1.807) is 7.11 Å². The van der Waals surface area contributed by atoms with E-state index >= 15 is 0 Å².